The lowest BCUT2D eigenvalue weighted by Crippen LogP contribution is -2.54. The molecule has 3 aromatic rings. The van der Waals surface area contributed by atoms with Crippen LogP contribution in [0.15, 0.2) is 30.6 Å². The number of nitrogens with zero attached hydrogens (tertiary/aromatic N) is 4. The van der Waals surface area contributed by atoms with Gasteiger partial charge in [-0.15, -0.1) is 0 Å². The third-order valence-corrected chi connectivity index (χ3v) is 5.58. The minimum absolute atomic E-state index is 0.0526. The quantitative estimate of drug-likeness (QED) is 0.533. The molecule has 1 amide bonds. The Bertz CT molecular complexity index is 1070. The summed E-state index contributed by atoms with van der Waals surface area (Å²) in [6, 6.07) is 4.68. The number of likely N-dealkylation sites (N-methyl/N-ethyl adjacent to an activating group) is 1. The van der Waals surface area contributed by atoms with Crippen molar-refractivity contribution in [2.45, 2.75) is 6.04 Å². The van der Waals surface area contributed by atoms with Gasteiger partial charge >= 0.3 is 0 Å². The number of aromatic amines is 1. The monoisotopic (exact) mass is 432 g/mol. The molecule has 0 spiro atoms. The fourth-order valence-corrected chi connectivity index (χ4v) is 3.84. The van der Waals surface area contributed by atoms with Crippen LogP contribution in [0.1, 0.15) is 0 Å². The van der Waals surface area contributed by atoms with Crippen molar-refractivity contribution in [1.82, 2.24) is 24.8 Å². The molecule has 1 saturated heterocycles. The molecule has 1 atom stereocenters. The number of aliphatic hydroxyl groups is 1. The number of para-hydroxylation sites is 1. The standard InChI is InChI=1S/C20H22ClFN6O2/c1-27-5-7-28(8-6-27)16(11-29)19(30)25-15-4-2-3-12-13(9-23-18(12)15)17-14(22)10-24-20(21)26-17/h2-4,9-10,16,23,29H,5-8,11H2,1H3,(H,25,30)/t16-/m1/s1. The van der Waals surface area contributed by atoms with Crippen molar-refractivity contribution >= 4 is 34.1 Å². The van der Waals surface area contributed by atoms with Gasteiger partial charge in [0.25, 0.3) is 0 Å². The lowest BCUT2D eigenvalue weighted by molar-refractivity contribution is -0.123. The number of H-pyrrole nitrogens is 1. The van der Waals surface area contributed by atoms with Gasteiger partial charge in [0.1, 0.15) is 11.7 Å². The van der Waals surface area contributed by atoms with Crippen LogP contribution in [-0.4, -0.2) is 81.6 Å². The number of hydrogen-bond acceptors (Lipinski definition) is 6. The van der Waals surface area contributed by atoms with Crippen LogP contribution in [0.4, 0.5) is 10.1 Å². The number of aromatic nitrogens is 3. The van der Waals surface area contributed by atoms with Gasteiger partial charge in [-0.25, -0.2) is 14.4 Å². The molecule has 1 aliphatic rings. The zero-order valence-corrected chi connectivity index (χ0v) is 17.2. The van der Waals surface area contributed by atoms with Crippen molar-refractivity contribution in [1.29, 1.82) is 0 Å². The average molecular weight is 433 g/mol. The minimum Gasteiger partial charge on any atom is -0.394 e. The Morgan fingerprint density at radius 3 is 2.87 bits per heavy atom. The van der Waals surface area contributed by atoms with Crippen LogP contribution in [0, 0.1) is 5.82 Å². The molecule has 158 valence electrons. The molecule has 0 unspecified atom stereocenters. The molecule has 0 saturated carbocycles. The SMILES string of the molecule is CN1CCN([C@H](CO)C(=O)Nc2cccc3c(-c4nc(Cl)ncc4F)c[nH]c23)CC1. The summed E-state index contributed by atoms with van der Waals surface area (Å²) in [4.78, 5) is 27.8. The first kappa shape index (κ1) is 20.7. The van der Waals surface area contributed by atoms with Crippen molar-refractivity contribution < 1.29 is 14.3 Å². The molecule has 8 nitrogen and oxygen atoms in total. The molecule has 0 aliphatic carbocycles. The minimum atomic E-state index is -0.637. The summed E-state index contributed by atoms with van der Waals surface area (Å²) >= 11 is 5.83. The molecule has 30 heavy (non-hydrogen) atoms. The van der Waals surface area contributed by atoms with Crippen molar-refractivity contribution in [3.05, 3.63) is 41.7 Å². The number of aliphatic hydroxyl groups excluding tert-OH is 1. The fourth-order valence-electron chi connectivity index (χ4n) is 3.70. The average Bonchev–Trinajstić information content (AvgIpc) is 3.17. The van der Waals surface area contributed by atoms with E-state index in [9.17, 15) is 14.3 Å². The number of hydrogen-bond donors (Lipinski definition) is 3. The number of nitrogens with one attached hydrogen (secondary N) is 2. The molecule has 0 radical (unpaired) electrons. The van der Waals surface area contributed by atoms with Crippen LogP contribution >= 0.6 is 11.6 Å². The molecule has 4 rings (SSSR count). The Kier molecular flexibility index (Phi) is 5.96. The van der Waals surface area contributed by atoms with Gasteiger partial charge in [-0.1, -0.05) is 12.1 Å². The van der Waals surface area contributed by atoms with E-state index in [4.69, 9.17) is 11.6 Å². The summed E-state index contributed by atoms with van der Waals surface area (Å²) in [5, 5.41) is 13.3. The van der Waals surface area contributed by atoms with Gasteiger partial charge in [0.05, 0.1) is 24.0 Å². The van der Waals surface area contributed by atoms with Gasteiger partial charge < -0.3 is 20.3 Å². The number of fused-ring (bicyclic) bond motifs is 1. The number of rotatable bonds is 5. The second-order valence-corrected chi connectivity index (χ2v) is 7.63. The second kappa shape index (κ2) is 8.65. The largest absolute Gasteiger partial charge is 0.394 e. The Hall–Kier alpha value is -2.59. The summed E-state index contributed by atoms with van der Waals surface area (Å²) in [7, 11) is 2.03. The third kappa shape index (κ3) is 4.01. The van der Waals surface area contributed by atoms with Crippen molar-refractivity contribution in [2.24, 2.45) is 0 Å². The van der Waals surface area contributed by atoms with E-state index >= 15 is 0 Å². The molecule has 1 fully saturated rings. The van der Waals surface area contributed by atoms with Crippen LogP contribution in [0.25, 0.3) is 22.2 Å². The van der Waals surface area contributed by atoms with E-state index in [1.807, 2.05) is 11.9 Å². The second-order valence-electron chi connectivity index (χ2n) is 7.29. The molecule has 2 aromatic heterocycles. The van der Waals surface area contributed by atoms with E-state index in [0.717, 1.165) is 19.3 Å². The Morgan fingerprint density at radius 1 is 1.37 bits per heavy atom. The summed E-state index contributed by atoms with van der Waals surface area (Å²) in [6.07, 6.45) is 2.64. The highest BCUT2D eigenvalue weighted by Gasteiger charge is 2.28. The molecule has 3 heterocycles. The zero-order chi connectivity index (χ0) is 21.3. The summed E-state index contributed by atoms with van der Waals surface area (Å²) < 4.78 is 14.3. The topological polar surface area (TPSA) is 97.4 Å². The maximum Gasteiger partial charge on any atom is 0.244 e. The third-order valence-electron chi connectivity index (χ3n) is 5.40. The number of carbonyl (C=O) groups is 1. The Balaban J connectivity index is 1.61. The molecule has 0 bridgehead atoms. The number of amides is 1. The molecule has 3 N–H and O–H groups in total. The van der Waals surface area contributed by atoms with Crippen molar-refractivity contribution in [2.75, 3.05) is 45.2 Å². The summed E-state index contributed by atoms with van der Waals surface area (Å²) in [5.74, 6) is -0.882. The predicted octanol–water partition coefficient (Wildman–Crippen LogP) is 1.96. The van der Waals surface area contributed by atoms with Crippen LogP contribution in [0.3, 0.4) is 0 Å². The highest BCUT2D eigenvalue weighted by atomic mass is 35.5. The Morgan fingerprint density at radius 2 is 2.13 bits per heavy atom. The van der Waals surface area contributed by atoms with Gasteiger partial charge in [0.15, 0.2) is 5.82 Å². The summed E-state index contributed by atoms with van der Waals surface area (Å²) in [5.41, 5.74) is 1.76. The van der Waals surface area contributed by atoms with E-state index in [1.165, 1.54) is 0 Å². The van der Waals surface area contributed by atoms with Crippen LogP contribution in [0.5, 0.6) is 0 Å². The highest BCUT2D eigenvalue weighted by Crippen LogP contribution is 2.33. The van der Waals surface area contributed by atoms with E-state index in [0.29, 0.717) is 35.2 Å². The maximum absolute atomic E-state index is 14.3. The smallest absolute Gasteiger partial charge is 0.244 e. The summed E-state index contributed by atoms with van der Waals surface area (Å²) in [6.45, 7) is 2.82. The van der Waals surface area contributed by atoms with Gasteiger partial charge in [0, 0.05) is 43.3 Å². The first-order chi connectivity index (χ1) is 14.5. The van der Waals surface area contributed by atoms with E-state index in [-0.39, 0.29) is 23.5 Å². The molecular formula is C20H22ClFN6O2. The van der Waals surface area contributed by atoms with Crippen LogP contribution in [0.2, 0.25) is 5.28 Å². The van der Waals surface area contributed by atoms with E-state index < -0.39 is 11.9 Å². The van der Waals surface area contributed by atoms with Crippen molar-refractivity contribution in [3.63, 3.8) is 0 Å². The Labute approximate surface area is 177 Å². The van der Waals surface area contributed by atoms with Gasteiger partial charge in [-0.2, -0.15) is 0 Å². The first-order valence-corrected chi connectivity index (χ1v) is 9.98. The van der Waals surface area contributed by atoms with Crippen LogP contribution in [-0.2, 0) is 4.79 Å². The van der Waals surface area contributed by atoms with E-state index in [2.05, 4.69) is 25.2 Å². The number of anilines is 1. The maximum atomic E-state index is 14.3. The highest BCUT2D eigenvalue weighted by molar-refractivity contribution is 6.28. The molecule has 1 aliphatic heterocycles. The number of halogens is 2. The van der Waals surface area contributed by atoms with Crippen LogP contribution < -0.4 is 5.32 Å². The van der Waals surface area contributed by atoms with Gasteiger partial charge in [-0.05, 0) is 24.7 Å². The number of benzene rings is 1. The predicted molar refractivity (Wildman–Crippen MR) is 113 cm³/mol. The number of piperazine rings is 1. The number of carbonyl (C=O) groups excluding carboxylic acids is 1. The molecule has 10 heteroatoms. The fraction of sp³-hybridized carbons (Fsp3) is 0.350. The van der Waals surface area contributed by atoms with E-state index in [1.54, 1.807) is 24.4 Å². The first-order valence-electron chi connectivity index (χ1n) is 9.60. The lowest BCUT2D eigenvalue weighted by atomic mass is 10.1. The van der Waals surface area contributed by atoms with Gasteiger partial charge in [0.2, 0.25) is 11.2 Å². The lowest BCUT2D eigenvalue weighted by Gasteiger charge is -2.36. The van der Waals surface area contributed by atoms with Crippen molar-refractivity contribution in [3.8, 4) is 11.3 Å². The normalized spacial score (nSPS) is 16.7. The van der Waals surface area contributed by atoms with Gasteiger partial charge in [-0.3, -0.25) is 9.69 Å². The molecular weight excluding hydrogens is 411 g/mol. The molecule has 1 aromatic carbocycles. The zero-order valence-electron chi connectivity index (χ0n) is 16.4.